The van der Waals surface area contributed by atoms with E-state index in [2.05, 4.69) is 0 Å². The Morgan fingerprint density at radius 2 is 1.61 bits per heavy atom. The summed E-state index contributed by atoms with van der Waals surface area (Å²) in [4.78, 5) is 0. The van der Waals surface area contributed by atoms with Crippen molar-refractivity contribution in [2.75, 3.05) is 19.8 Å². The van der Waals surface area contributed by atoms with Crippen LogP contribution in [-0.2, 0) is 4.74 Å². The molecule has 1 atom stereocenters. The van der Waals surface area contributed by atoms with Gasteiger partial charge in [0.1, 0.15) is 0 Å². The van der Waals surface area contributed by atoms with Crippen molar-refractivity contribution in [2.45, 2.75) is 63.9 Å². The van der Waals surface area contributed by atoms with Gasteiger partial charge in [-0.3, -0.25) is 0 Å². The summed E-state index contributed by atoms with van der Waals surface area (Å²) in [5.74, 6) is 0.404. The molecule has 1 unspecified atom stereocenters. The number of hydrogen-bond acceptors (Lipinski definition) is 3. The third-order valence-corrected chi connectivity index (χ3v) is 5.10. The maximum Gasteiger partial charge on any atom is 0.0638 e. The summed E-state index contributed by atoms with van der Waals surface area (Å²) in [6, 6.07) is 0. The predicted octanol–water partition coefficient (Wildman–Crippen LogP) is 2.46. The van der Waals surface area contributed by atoms with Crippen molar-refractivity contribution < 1.29 is 9.84 Å². The average molecular weight is 255 g/mol. The minimum atomic E-state index is -0.218. The molecule has 0 aromatic rings. The fourth-order valence-electron chi connectivity index (χ4n) is 3.76. The summed E-state index contributed by atoms with van der Waals surface area (Å²) in [6.07, 6.45) is 10.5. The molecule has 1 aliphatic carbocycles. The Balaban J connectivity index is 2.02. The highest BCUT2D eigenvalue weighted by atomic mass is 16.5. The number of rotatable bonds is 3. The summed E-state index contributed by atoms with van der Waals surface area (Å²) >= 11 is 0. The van der Waals surface area contributed by atoms with Crippen LogP contribution >= 0.6 is 0 Å². The molecule has 3 N–H and O–H groups in total. The summed E-state index contributed by atoms with van der Waals surface area (Å²) in [5.41, 5.74) is 6.06. The lowest BCUT2D eigenvalue weighted by Crippen LogP contribution is -2.47. The van der Waals surface area contributed by atoms with Crippen LogP contribution in [0.25, 0.3) is 0 Å². The van der Waals surface area contributed by atoms with E-state index in [1.165, 1.54) is 32.1 Å². The van der Waals surface area contributed by atoms with Crippen LogP contribution in [0.15, 0.2) is 0 Å². The van der Waals surface area contributed by atoms with E-state index in [0.717, 1.165) is 38.9 Å². The molecule has 1 saturated heterocycles. The Morgan fingerprint density at radius 3 is 2.17 bits per heavy atom. The molecule has 3 nitrogen and oxygen atoms in total. The Labute approximate surface area is 111 Å². The highest BCUT2D eigenvalue weighted by molar-refractivity contribution is 4.92. The zero-order valence-electron chi connectivity index (χ0n) is 11.6. The standard InChI is InChI=1S/C15H29NO2/c16-12-15(8-4-2-1-3-5-9-15)14(17)13-6-10-18-11-7-13/h13-14,17H,1-12,16H2. The zero-order chi connectivity index (χ0) is 12.8. The van der Waals surface area contributed by atoms with Gasteiger partial charge in [0.05, 0.1) is 6.10 Å². The first-order chi connectivity index (χ1) is 8.78. The lowest BCUT2D eigenvalue weighted by atomic mass is 9.67. The van der Waals surface area contributed by atoms with E-state index in [4.69, 9.17) is 10.5 Å². The number of aliphatic hydroxyl groups excluding tert-OH is 1. The normalized spacial score (nSPS) is 28.3. The summed E-state index contributed by atoms with van der Waals surface area (Å²) < 4.78 is 5.41. The van der Waals surface area contributed by atoms with Crippen LogP contribution in [0, 0.1) is 11.3 Å². The molecule has 2 aliphatic rings. The first-order valence-electron chi connectivity index (χ1n) is 7.74. The Morgan fingerprint density at radius 1 is 1.06 bits per heavy atom. The minimum absolute atomic E-state index is 0.0115. The van der Waals surface area contributed by atoms with Gasteiger partial charge in [0.25, 0.3) is 0 Å². The number of aliphatic hydroxyl groups is 1. The molecule has 1 saturated carbocycles. The van der Waals surface area contributed by atoms with E-state index in [0.29, 0.717) is 12.5 Å². The minimum Gasteiger partial charge on any atom is -0.392 e. The van der Waals surface area contributed by atoms with E-state index in [-0.39, 0.29) is 11.5 Å². The second-order valence-corrected chi connectivity index (χ2v) is 6.23. The van der Waals surface area contributed by atoms with Gasteiger partial charge in [-0.15, -0.1) is 0 Å². The fourth-order valence-corrected chi connectivity index (χ4v) is 3.76. The van der Waals surface area contributed by atoms with Crippen molar-refractivity contribution in [3.8, 4) is 0 Å². The lowest BCUT2D eigenvalue weighted by Gasteiger charge is -2.43. The van der Waals surface area contributed by atoms with E-state index in [1.807, 2.05) is 0 Å². The van der Waals surface area contributed by atoms with Crippen molar-refractivity contribution >= 4 is 0 Å². The Bertz CT molecular complexity index is 231. The van der Waals surface area contributed by atoms with Crippen LogP contribution in [-0.4, -0.2) is 31.0 Å². The van der Waals surface area contributed by atoms with Gasteiger partial charge in [-0.2, -0.15) is 0 Å². The molecule has 0 radical (unpaired) electrons. The van der Waals surface area contributed by atoms with Gasteiger partial charge in [-0.05, 0) is 31.6 Å². The van der Waals surface area contributed by atoms with Crippen molar-refractivity contribution in [2.24, 2.45) is 17.1 Å². The largest absolute Gasteiger partial charge is 0.392 e. The number of nitrogens with two attached hydrogens (primary N) is 1. The fraction of sp³-hybridized carbons (Fsp3) is 1.00. The van der Waals surface area contributed by atoms with Crippen molar-refractivity contribution in [3.05, 3.63) is 0 Å². The van der Waals surface area contributed by atoms with Gasteiger partial charge in [0.15, 0.2) is 0 Å². The zero-order valence-corrected chi connectivity index (χ0v) is 11.6. The Hall–Kier alpha value is -0.120. The molecule has 0 spiro atoms. The van der Waals surface area contributed by atoms with Gasteiger partial charge in [-0.1, -0.05) is 32.1 Å². The smallest absolute Gasteiger partial charge is 0.0638 e. The van der Waals surface area contributed by atoms with Crippen LogP contribution in [0.3, 0.4) is 0 Å². The second-order valence-electron chi connectivity index (χ2n) is 6.23. The molecule has 106 valence electrons. The monoisotopic (exact) mass is 255 g/mol. The van der Waals surface area contributed by atoms with Crippen LogP contribution in [0.4, 0.5) is 0 Å². The van der Waals surface area contributed by atoms with E-state index < -0.39 is 0 Å². The molecule has 18 heavy (non-hydrogen) atoms. The van der Waals surface area contributed by atoms with Gasteiger partial charge < -0.3 is 15.6 Å². The third kappa shape index (κ3) is 3.25. The van der Waals surface area contributed by atoms with E-state index in [1.54, 1.807) is 0 Å². The first kappa shape index (κ1) is 14.3. The van der Waals surface area contributed by atoms with Crippen LogP contribution in [0.5, 0.6) is 0 Å². The van der Waals surface area contributed by atoms with Gasteiger partial charge in [0, 0.05) is 25.2 Å². The van der Waals surface area contributed by atoms with Crippen LogP contribution in [0.2, 0.25) is 0 Å². The first-order valence-corrected chi connectivity index (χ1v) is 7.74. The van der Waals surface area contributed by atoms with E-state index >= 15 is 0 Å². The number of hydrogen-bond donors (Lipinski definition) is 2. The summed E-state index contributed by atoms with van der Waals surface area (Å²) in [5, 5.41) is 10.8. The number of ether oxygens (including phenoxy) is 1. The van der Waals surface area contributed by atoms with Crippen molar-refractivity contribution in [1.29, 1.82) is 0 Å². The van der Waals surface area contributed by atoms with Gasteiger partial charge in [0.2, 0.25) is 0 Å². The quantitative estimate of drug-likeness (QED) is 0.814. The van der Waals surface area contributed by atoms with Gasteiger partial charge >= 0.3 is 0 Å². The average Bonchev–Trinajstić information content (AvgIpc) is 2.40. The molecular weight excluding hydrogens is 226 g/mol. The van der Waals surface area contributed by atoms with E-state index in [9.17, 15) is 5.11 Å². The van der Waals surface area contributed by atoms with Crippen LogP contribution < -0.4 is 5.73 Å². The van der Waals surface area contributed by atoms with Crippen molar-refractivity contribution in [3.63, 3.8) is 0 Å². The topological polar surface area (TPSA) is 55.5 Å². The van der Waals surface area contributed by atoms with Crippen LogP contribution in [0.1, 0.15) is 57.8 Å². The molecule has 1 heterocycles. The molecule has 1 aliphatic heterocycles. The highest BCUT2D eigenvalue weighted by Gasteiger charge is 2.40. The molecule has 0 amide bonds. The molecule has 0 aromatic carbocycles. The lowest BCUT2D eigenvalue weighted by molar-refractivity contribution is -0.0655. The molecule has 3 heteroatoms. The Kier molecular flexibility index (Phi) is 5.46. The SMILES string of the molecule is NCC1(C(O)C2CCOCC2)CCCCCCC1. The third-order valence-electron chi connectivity index (χ3n) is 5.10. The summed E-state index contributed by atoms with van der Waals surface area (Å²) in [7, 11) is 0. The summed E-state index contributed by atoms with van der Waals surface area (Å²) in [6.45, 7) is 2.26. The molecular formula is C15H29NO2. The predicted molar refractivity (Wildman–Crippen MR) is 73.4 cm³/mol. The molecule has 0 bridgehead atoms. The molecule has 0 aromatic heterocycles. The van der Waals surface area contributed by atoms with Crippen molar-refractivity contribution in [1.82, 2.24) is 0 Å². The van der Waals surface area contributed by atoms with Gasteiger partial charge in [-0.25, -0.2) is 0 Å². The molecule has 2 rings (SSSR count). The maximum absolute atomic E-state index is 10.8. The maximum atomic E-state index is 10.8. The highest BCUT2D eigenvalue weighted by Crippen LogP contribution is 2.41. The molecule has 2 fully saturated rings. The second kappa shape index (κ2) is 6.88.